The van der Waals surface area contributed by atoms with Crippen LogP contribution in [0.2, 0.25) is 0 Å². The van der Waals surface area contributed by atoms with Gasteiger partial charge in [0, 0.05) is 18.6 Å². The Kier molecular flexibility index (Phi) is 2.88. The summed E-state index contributed by atoms with van der Waals surface area (Å²) < 4.78 is 15.3. The van der Waals surface area contributed by atoms with Crippen molar-refractivity contribution >= 4 is 16.9 Å². The van der Waals surface area contributed by atoms with E-state index in [1.54, 1.807) is 30.8 Å². The normalized spacial score (nSPS) is 12.9. The largest absolute Gasteiger partial charge is 0.481 e. The molecule has 1 atom stereocenters. The molecule has 0 amide bonds. The molecular formula is C13H14FNO2. The minimum atomic E-state index is -0.835. The van der Waals surface area contributed by atoms with Gasteiger partial charge in [-0.05, 0) is 18.1 Å². The minimum Gasteiger partial charge on any atom is -0.481 e. The summed E-state index contributed by atoms with van der Waals surface area (Å²) in [5.41, 5.74) is 1.40. The van der Waals surface area contributed by atoms with Gasteiger partial charge in [0.25, 0.3) is 0 Å². The second-order valence-electron chi connectivity index (χ2n) is 4.34. The second-order valence-corrected chi connectivity index (χ2v) is 4.34. The lowest BCUT2D eigenvalue weighted by Crippen LogP contribution is -2.11. The van der Waals surface area contributed by atoms with Crippen LogP contribution in [-0.2, 0) is 18.3 Å². The van der Waals surface area contributed by atoms with Crippen LogP contribution in [0.25, 0.3) is 10.9 Å². The van der Waals surface area contributed by atoms with E-state index < -0.39 is 11.9 Å². The zero-order valence-electron chi connectivity index (χ0n) is 9.77. The number of carbonyl (C=O) groups is 1. The van der Waals surface area contributed by atoms with Crippen molar-refractivity contribution in [2.24, 2.45) is 13.0 Å². The van der Waals surface area contributed by atoms with Gasteiger partial charge >= 0.3 is 5.97 Å². The summed E-state index contributed by atoms with van der Waals surface area (Å²) in [6.07, 6.45) is 2.21. The molecule has 0 saturated carbocycles. The van der Waals surface area contributed by atoms with E-state index in [-0.39, 0.29) is 5.82 Å². The van der Waals surface area contributed by atoms with Crippen LogP contribution in [-0.4, -0.2) is 15.6 Å². The van der Waals surface area contributed by atoms with Crippen LogP contribution in [0.3, 0.4) is 0 Å². The number of benzene rings is 1. The first-order chi connectivity index (χ1) is 8.00. The third-order valence-electron chi connectivity index (χ3n) is 2.98. The van der Waals surface area contributed by atoms with Crippen molar-refractivity contribution in [2.45, 2.75) is 13.3 Å². The highest BCUT2D eigenvalue weighted by Crippen LogP contribution is 2.25. The number of hydrogen-bond donors (Lipinski definition) is 1. The van der Waals surface area contributed by atoms with E-state index in [0.29, 0.717) is 11.9 Å². The van der Waals surface area contributed by atoms with Crippen molar-refractivity contribution in [1.82, 2.24) is 4.57 Å². The van der Waals surface area contributed by atoms with Crippen molar-refractivity contribution in [3.8, 4) is 0 Å². The highest BCUT2D eigenvalue weighted by molar-refractivity contribution is 5.85. The van der Waals surface area contributed by atoms with E-state index in [1.165, 1.54) is 6.07 Å². The Bertz CT molecular complexity index is 574. The lowest BCUT2D eigenvalue weighted by atomic mass is 10.0. The van der Waals surface area contributed by atoms with Gasteiger partial charge in [-0.15, -0.1) is 0 Å². The predicted molar refractivity (Wildman–Crippen MR) is 63.4 cm³/mol. The van der Waals surface area contributed by atoms with Crippen LogP contribution in [0.4, 0.5) is 4.39 Å². The fourth-order valence-corrected chi connectivity index (χ4v) is 2.08. The van der Waals surface area contributed by atoms with Gasteiger partial charge in [-0.3, -0.25) is 4.79 Å². The molecule has 1 aromatic carbocycles. The average molecular weight is 235 g/mol. The van der Waals surface area contributed by atoms with Crippen LogP contribution in [0, 0.1) is 11.7 Å². The summed E-state index contributed by atoms with van der Waals surface area (Å²) in [6.45, 7) is 1.65. The molecule has 90 valence electrons. The SMILES string of the molecule is CC(Cc1cn(C)c2c(F)cccc12)C(=O)O. The minimum absolute atomic E-state index is 0.278. The average Bonchev–Trinajstić information content (AvgIpc) is 2.57. The summed E-state index contributed by atoms with van der Waals surface area (Å²) in [6, 6.07) is 4.88. The molecule has 1 heterocycles. The lowest BCUT2D eigenvalue weighted by molar-refractivity contribution is -0.141. The van der Waals surface area contributed by atoms with E-state index in [9.17, 15) is 9.18 Å². The van der Waals surface area contributed by atoms with E-state index in [4.69, 9.17) is 5.11 Å². The predicted octanol–water partition coefficient (Wildman–Crippen LogP) is 2.58. The number of fused-ring (bicyclic) bond motifs is 1. The second kappa shape index (κ2) is 4.20. The third kappa shape index (κ3) is 2.02. The monoisotopic (exact) mass is 235 g/mol. The summed E-state index contributed by atoms with van der Waals surface area (Å²) >= 11 is 0. The van der Waals surface area contributed by atoms with Gasteiger partial charge in [-0.2, -0.15) is 0 Å². The molecule has 1 N–H and O–H groups in total. The first-order valence-electron chi connectivity index (χ1n) is 5.46. The number of rotatable bonds is 3. The van der Waals surface area contributed by atoms with Crippen LogP contribution in [0.1, 0.15) is 12.5 Å². The number of nitrogens with zero attached hydrogens (tertiary/aromatic N) is 1. The molecule has 17 heavy (non-hydrogen) atoms. The molecule has 0 aliphatic carbocycles. The summed E-state index contributed by atoms with van der Waals surface area (Å²) in [7, 11) is 1.76. The Labute approximate surface area is 98.5 Å². The zero-order valence-corrected chi connectivity index (χ0v) is 9.77. The van der Waals surface area contributed by atoms with Crippen molar-refractivity contribution in [1.29, 1.82) is 0 Å². The molecule has 0 fully saturated rings. The number of para-hydroxylation sites is 1. The highest BCUT2D eigenvalue weighted by Gasteiger charge is 2.16. The van der Waals surface area contributed by atoms with Gasteiger partial charge in [0.1, 0.15) is 5.82 Å². The van der Waals surface area contributed by atoms with E-state index in [0.717, 1.165) is 10.9 Å². The summed E-state index contributed by atoms with van der Waals surface area (Å²) in [5, 5.41) is 9.69. The third-order valence-corrected chi connectivity index (χ3v) is 2.98. The maximum atomic E-state index is 13.6. The van der Waals surface area contributed by atoms with Gasteiger partial charge in [-0.1, -0.05) is 19.1 Å². The Morgan fingerprint density at radius 2 is 2.24 bits per heavy atom. The molecule has 0 aliphatic heterocycles. The molecule has 0 bridgehead atoms. The molecule has 1 aromatic heterocycles. The van der Waals surface area contributed by atoms with Crippen molar-refractivity contribution in [2.75, 3.05) is 0 Å². The van der Waals surface area contributed by atoms with Crippen LogP contribution < -0.4 is 0 Å². The molecule has 0 spiro atoms. The first-order valence-corrected chi connectivity index (χ1v) is 5.46. The van der Waals surface area contributed by atoms with Gasteiger partial charge in [-0.25, -0.2) is 4.39 Å². The van der Waals surface area contributed by atoms with Gasteiger partial charge < -0.3 is 9.67 Å². The molecule has 4 heteroatoms. The molecule has 2 rings (SSSR count). The van der Waals surface area contributed by atoms with E-state index in [2.05, 4.69) is 0 Å². The molecule has 1 unspecified atom stereocenters. The molecule has 0 radical (unpaired) electrons. The van der Waals surface area contributed by atoms with Crippen LogP contribution in [0.5, 0.6) is 0 Å². The zero-order chi connectivity index (χ0) is 12.6. The fraction of sp³-hybridized carbons (Fsp3) is 0.308. The van der Waals surface area contributed by atoms with Crippen LogP contribution in [0.15, 0.2) is 24.4 Å². The molecule has 3 nitrogen and oxygen atoms in total. The quantitative estimate of drug-likeness (QED) is 0.888. The molecule has 0 saturated heterocycles. The number of halogens is 1. The standard InChI is InChI=1S/C13H14FNO2/c1-8(13(16)17)6-9-7-15(2)12-10(9)4-3-5-11(12)14/h3-5,7-8H,6H2,1-2H3,(H,16,17). The highest BCUT2D eigenvalue weighted by atomic mass is 19.1. The number of aliphatic carboxylic acids is 1. The fourth-order valence-electron chi connectivity index (χ4n) is 2.08. The Morgan fingerprint density at radius 3 is 2.88 bits per heavy atom. The Hall–Kier alpha value is -1.84. The Balaban J connectivity index is 2.49. The number of carboxylic acid groups (broad SMARTS) is 1. The lowest BCUT2D eigenvalue weighted by Gasteiger charge is -2.04. The Morgan fingerprint density at radius 1 is 1.53 bits per heavy atom. The topological polar surface area (TPSA) is 42.2 Å². The van der Waals surface area contributed by atoms with Crippen molar-refractivity contribution in [3.63, 3.8) is 0 Å². The van der Waals surface area contributed by atoms with E-state index >= 15 is 0 Å². The molecule has 0 aliphatic rings. The van der Waals surface area contributed by atoms with Gasteiger partial charge in [0.2, 0.25) is 0 Å². The van der Waals surface area contributed by atoms with Gasteiger partial charge in [0.05, 0.1) is 11.4 Å². The summed E-state index contributed by atoms with van der Waals surface area (Å²) in [4.78, 5) is 10.8. The maximum absolute atomic E-state index is 13.6. The number of aromatic nitrogens is 1. The number of aryl methyl sites for hydroxylation is 1. The smallest absolute Gasteiger partial charge is 0.306 e. The van der Waals surface area contributed by atoms with Gasteiger partial charge in [0.15, 0.2) is 0 Å². The number of hydrogen-bond acceptors (Lipinski definition) is 1. The number of carboxylic acids is 1. The van der Waals surface area contributed by atoms with Crippen molar-refractivity contribution in [3.05, 3.63) is 35.8 Å². The maximum Gasteiger partial charge on any atom is 0.306 e. The first kappa shape index (κ1) is 11.6. The molecule has 2 aromatic rings. The van der Waals surface area contributed by atoms with Crippen LogP contribution >= 0.6 is 0 Å². The molecular weight excluding hydrogens is 221 g/mol. The van der Waals surface area contributed by atoms with E-state index in [1.807, 2.05) is 6.07 Å². The summed E-state index contributed by atoms with van der Waals surface area (Å²) in [5.74, 6) is -1.58. The van der Waals surface area contributed by atoms with Crippen molar-refractivity contribution < 1.29 is 14.3 Å².